The van der Waals surface area contributed by atoms with Gasteiger partial charge in [0.25, 0.3) is 0 Å². The molecule has 1 atom stereocenters. The van der Waals surface area contributed by atoms with Gasteiger partial charge in [0.2, 0.25) is 5.91 Å². The Morgan fingerprint density at radius 1 is 1.39 bits per heavy atom. The van der Waals surface area contributed by atoms with Crippen molar-refractivity contribution >= 4 is 22.4 Å². The van der Waals surface area contributed by atoms with Crippen LogP contribution in [-0.4, -0.2) is 28.9 Å². The van der Waals surface area contributed by atoms with E-state index >= 15 is 0 Å². The molecule has 1 fully saturated rings. The van der Waals surface area contributed by atoms with Gasteiger partial charge in [-0.15, -0.1) is 11.3 Å². The zero-order valence-corrected chi connectivity index (χ0v) is 14.7. The fraction of sp³-hybridized carbons (Fsp3) is 0.444. The molecule has 3 rings (SSSR count). The molecular weight excluding hydrogens is 306 g/mol. The number of nitrogens with two attached hydrogens (primary N) is 1. The summed E-state index contributed by atoms with van der Waals surface area (Å²) < 4.78 is 0. The summed E-state index contributed by atoms with van der Waals surface area (Å²) in [5.74, 6) is 0.545. The van der Waals surface area contributed by atoms with Crippen molar-refractivity contribution in [1.82, 2.24) is 9.88 Å². The predicted molar refractivity (Wildman–Crippen MR) is 94.5 cm³/mol. The number of nitrogens with zero attached hydrogens (tertiary/aromatic N) is 2. The molecular formula is C18H23N3OS. The van der Waals surface area contributed by atoms with Crippen LogP contribution in [-0.2, 0) is 11.2 Å². The van der Waals surface area contributed by atoms with Gasteiger partial charge in [0, 0.05) is 23.9 Å². The maximum atomic E-state index is 12.7. The number of aromatic nitrogens is 1. The van der Waals surface area contributed by atoms with E-state index in [2.05, 4.69) is 43.1 Å². The Balaban J connectivity index is 1.75. The zero-order valence-electron chi connectivity index (χ0n) is 13.9. The number of thiazole rings is 1. The SMILES string of the molecule is Cc1nc(N)sc1CC(=O)N1CC(c2ccccc2)C(C)(C)C1. The number of nitrogen functional groups attached to an aromatic ring is 1. The first-order valence-electron chi connectivity index (χ1n) is 7.91. The fourth-order valence-corrected chi connectivity index (χ4v) is 4.25. The monoisotopic (exact) mass is 329 g/mol. The number of rotatable bonds is 3. The van der Waals surface area contributed by atoms with Crippen molar-refractivity contribution in [3.63, 3.8) is 0 Å². The molecule has 2 N–H and O–H groups in total. The van der Waals surface area contributed by atoms with Crippen molar-refractivity contribution in [2.24, 2.45) is 5.41 Å². The van der Waals surface area contributed by atoms with Crippen molar-refractivity contribution < 1.29 is 4.79 Å². The first-order valence-corrected chi connectivity index (χ1v) is 8.73. The molecule has 1 aliphatic heterocycles. The lowest BCUT2D eigenvalue weighted by Crippen LogP contribution is -2.31. The normalized spacial score (nSPS) is 20.0. The molecule has 2 aromatic rings. The highest BCUT2D eigenvalue weighted by molar-refractivity contribution is 7.15. The number of likely N-dealkylation sites (tertiary alicyclic amines) is 1. The topological polar surface area (TPSA) is 59.2 Å². The third kappa shape index (κ3) is 3.24. The largest absolute Gasteiger partial charge is 0.375 e. The molecule has 4 nitrogen and oxygen atoms in total. The summed E-state index contributed by atoms with van der Waals surface area (Å²) in [6.07, 6.45) is 0.401. The van der Waals surface area contributed by atoms with Crippen molar-refractivity contribution in [2.45, 2.75) is 33.1 Å². The molecule has 1 aliphatic rings. The average Bonchev–Trinajstić information content (AvgIpc) is 2.98. The Bertz CT molecular complexity index is 708. The highest BCUT2D eigenvalue weighted by Crippen LogP contribution is 2.42. The maximum Gasteiger partial charge on any atom is 0.227 e. The Hall–Kier alpha value is -1.88. The molecule has 23 heavy (non-hydrogen) atoms. The molecule has 1 saturated heterocycles. The summed E-state index contributed by atoms with van der Waals surface area (Å²) in [6.45, 7) is 7.97. The summed E-state index contributed by atoms with van der Waals surface area (Å²) >= 11 is 1.42. The molecule has 0 saturated carbocycles. The van der Waals surface area contributed by atoms with Crippen LogP contribution in [0.2, 0.25) is 0 Å². The van der Waals surface area contributed by atoms with Crippen LogP contribution in [0.25, 0.3) is 0 Å². The van der Waals surface area contributed by atoms with Gasteiger partial charge < -0.3 is 10.6 Å². The van der Waals surface area contributed by atoms with Crippen LogP contribution in [0.1, 0.15) is 35.9 Å². The minimum atomic E-state index is 0.0821. The second-order valence-electron chi connectivity index (χ2n) is 6.96. The van der Waals surface area contributed by atoms with E-state index in [0.29, 0.717) is 17.5 Å². The number of carbonyl (C=O) groups excluding carboxylic acids is 1. The van der Waals surface area contributed by atoms with Gasteiger partial charge in [-0.05, 0) is 17.9 Å². The smallest absolute Gasteiger partial charge is 0.227 e. The van der Waals surface area contributed by atoms with Gasteiger partial charge in [-0.2, -0.15) is 0 Å². The predicted octanol–water partition coefficient (Wildman–Crippen LogP) is 3.23. The molecule has 1 aromatic heterocycles. The number of amides is 1. The molecule has 1 unspecified atom stereocenters. The number of anilines is 1. The molecule has 0 radical (unpaired) electrons. The minimum Gasteiger partial charge on any atom is -0.375 e. The van der Waals surface area contributed by atoms with Crippen LogP contribution in [0.5, 0.6) is 0 Å². The Morgan fingerprint density at radius 2 is 2.09 bits per heavy atom. The standard InChI is InChI=1S/C18H23N3OS/c1-12-15(23-17(19)20-12)9-16(22)21-10-14(18(2,3)11-21)13-7-5-4-6-8-13/h4-8,14H,9-11H2,1-3H3,(H2,19,20). The van der Waals surface area contributed by atoms with Gasteiger partial charge in [0.05, 0.1) is 12.1 Å². The van der Waals surface area contributed by atoms with Crippen LogP contribution in [0.15, 0.2) is 30.3 Å². The van der Waals surface area contributed by atoms with E-state index in [1.165, 1.54) is 16.9 Å². The van der Waals surface area contributed by atoms with Crippen LogP contribution >= 0.6 is 11.3 Å². The summed E-state index contributed by atoms with van der Waals surface area (Å²) in [7, 11) is 0. The summed E-state index contributed by atoms with van der Waals surface area (Å²) in [6, 6.07) is 10.5. The van der Waals surface area contributed by atoms with Gasteiger partial charge in [-0.1, -0.05) is 44.2 Å². The van der Waals surface area contributed by atoms with E-state index < -0.39 is 0 Å². The van der Waals surface area contributed by atoms with Crippen molar-refractivity contribution in [1.29, 1.82) is 0 Å². The van der Waals surface area contributed by atoms with Crippen LogP contribution in [0, 0.1) is 12.3 Å². The van der Waals surface area contributed by atoms with Crippen LogP contribution in [0.3, 0.4) is 0 Å². The maximum absolute atomic E-state index is 12.7. The van der Waals surface area contributed by atoms with Crippen LogP contribution in [0.4, 0.5) is 5.13 Å². The van der Waals surface area contributed by atoms with Gasteiger partial charge in [-0.25, -0.2) is 4.98 Å². The lowest BCUT2D eigenvalue weighted by Gasteiger charge is -2.25. The quantitative estimate of drug-likeness (QED) is 0.940. The first-order chi connectivity index (χ1) is 10.9. The van der Waals surface area contributed by atoms with Gasteiger partial charge in [0.15, 0.2) is 5.13 Å². The third-order valence-electron chi connectivity index (χ3n) is 4.72. The second kappa shape index (κ2) is 5.96. The molecule has 5 heteroatoms. The summed E-state index contributed by atoms with van der Waals surface area (Å²) in [4.78, 5) is 19.9. The molecule has 0 aliphatic carbocycles. The number of carbonyl (C=O) groups is 1. The summed E-state index contributed by atoms with van der Waals surface area (Å²) in [5.41, 5.74) is 8.00. The molecule has 2 heterocycles. The van der Waals surface area contributed by atoms with Crippen molar-refractivity contribution in [3.05, 3.63) is 46.5 Å². The van der Waals surface area contributed by atoms with E-state index in [1.807, 2.05) is 17.9 Å². The third-order valence-corrected chi connectivity index (χ3v) is 5.71. The Kier molecular flexibility index (Phi) is 4.15. The van der Waals surface area contributed by atoms with E-state index in [9.17, 15) is 4.79 Å². The van der Waals surface area contributed by atoms with Crippen molar-refractivity contribution in [2.75, 3.05) is 18.8 Å². The average molecular weight is 329 g/mol. The lowest BCUT2D eigenvalue weighted by molar-refractivity contribution is -0.129. The van der Waals surface area contributed by atoms with Crippen molar-refractivity contribution in [3.8, 4) is 0 Å². The van der Waals surface area contributed by atoms with E-state index in [-0.39, 0.29) is 11.3 Å². The van der Waals surface area contributed by atoms with E-state index in [4.69, 9.17) is 5.73 Å². The Labute approximate surface area is 141 Å². The van der Waals surface area contributed by atoms with Crippen LogP contribution < -0.4 is 5.73 Å². The molecule has 1 amide bonds. The number of hydrogen-bond donors (Lipinski definition) is 1. The lowest BCUT2D eigenvalue weighted by atomic mass is 9.78. The highest BCUT2D eigenvalue weighted by Gasteiger charge is 2.41. The Morgan fingerprint density at radius 3 is 2.70 bits per heavy atom. The highest BCUT2D eigenvalue weighted by atomic mass is 32.1. The second-order valence-corrected chi connectivity index (χ2v) is 8.08. The molecule has 0 bridgehead atoms. The number of aryl methyl sites for hydroxylation is 1. The van der Waals surface area contributed by atoms with Gasteiger partial charge in [-0.3, -0.25) is 4.79 Å². The van der Waals surface area contributed by atoms with Gasteiger partial charge >= 0.3 is 0 Å². The first kappa shape index (κ1) is 16.0. The molecule has 0 spiro atoms. The van der Waals surface area contributed by atoms with E-state index in [0.717, 1.165) is 23.7 Å². The fourth-order valence-electron chi connectivity index (χ4n) is 3.43. The summed E-state index contributed by atoms with van der Waals surface area (Å²) in [5, 5.41) is 0.536. The van der Waals surface area contributed by atoms with E-state index in [1.54, 1.807) is 0 Å². The van der Waals surface area contributed by atoms with Gasteiger partial charge in [0.1, 0.15) is 0 Å². The zero-order chi connectivity index (χ0) is 16.6. The molecule has 1 aromatic carbocycles. The number of benzene rings is 1. The molecule has 122 valence electrons. The number of hydrogen-bond acceptors (Lipinski definition) is 4. The minimum absolute atomic E-state index is 0.0821.